The number of hydrogen-bond donors (Lipinski definition) is 1. The number of carboxylic acid groups (broad SMARTS) is 1. The molecule has 1 aliphatic rings. The zero-order chi connectivity index (χ0) is 13.0. The van der Waals surface area contributed by atoms with Gasteiger partial charge in [-0.2, -0.15) is 0 Å². The zero-order valence-corrected chi connectivity index (χ0v) is 11.5. The second-order valence-corrected chi connectivity index (χ2v) is 5.85. The van der Waals surface area contributed by atoms with E-state index in [0.29, 0.717) is 5.56 Å². The van der Waals surface area contributed by atoms with Crippen molar-refractivity contribution in [2.75, 3.05) is 25.4 Å². The van der Waals surface area contributed by atoms with Gasteiger partial charge in [0.15, 0.2) is 0 Å². The van der Waals surface area contributed by atoms with Crippen molar-refractivity contribution in [2.24, 2.45) is 0 Å². The van der Waals surface area contributed by atoms with Crippen molar-refractivity contribution in [3.8, 4) is 0 Å². The van der Waals surface area contributed by atoms with Gasteiger partial charge in [-0.15, -0.1) is 11.8 Å². The van der Waals surface area contributed by atoms with Crippen molar-refractivity contribution in [3.05, 3.63) is 29.3 Å². The first-order valence-electron chi connectivity index (χ1n) is 6.36. The molecule has 0 aromatic heterocycles. The normalized spacial score (nSPS) is 16.1. The molecule has 0 amide bonds. The Hall–Kier alpha value is -1.00. The van der Waals surface area contributed by atoms with Gasteiger partial charge < -0.3 is 10.0 Å². The Morgan fingerprint density at radius 3 is 2.78 bits per heavy atom. The van der Waals surface area contributed by atoms with Crippen LogP contribution in [0.15, 0.2) is 23.1 Å². The highest BCUT2D eigenvalue weighted by Gasteiger charge is 2.11. The van der Waals surface area contributed by atoms with Gasteiger partial charge in [-0.25, -0.2) is 4.79 Å². The number of rotatable bonds is 5. The van der Waals surface area contributed by atoms with Crippen LogP contribution >= 0.6 is 11.8 Å². The van der Waals surface area contributed by atoms with Crippen LogP contribution in [0.4, 0.5) is 0 Å². The minimum absolute atomic E-state index is 0.418. The van der Waals surface area contributed by atoms with Crippen molar-refractivity contribution in [3.63, 3.8) is 0 Å². The van der Waals surface area contributed by atoms with E-state index in [4.69, 9.17) is 5.11 Å². The lowest BCUT2D eigenvalue weighted by atomic mass is 10.1. The van der Waals surface area contributed by atoms with Crippen molar-refractivity contribution in [2.45, 2.75) is 24.7 Å². The van der Waals surface area contributed by atoms with Gasteiger partial charge in [-0.3, -0.25) is 0 Å². The highest BCUT2D eigenvalue weighted by molar-refractivity contribution is 7.99. The summed E-state index contributed by atoms with van der Waals surface area (Å²) in [6, 6.07) is 5.68. The van der Waals surface area contributed by atoms with Crippen molar-refractivity contribution in [1.29, 1.82) is 0 Å². The fourth-order valence-electron chi connectivity index (χ4n) is 2.22. The number of nitrogens with zero attached hydrogens (tertiary/aromatic N) is 1. The summed E-state index contributed by atoms with van der Waals surface area (Å²) in [7, 11) is 0. The largest absolute Gasteiger partial charge is 0.478 e. The molecule has 0 saturated carbocycles. The van der Waals surface area contributed by atoms with Crippen LogP contribution in [-0.2, 0) is 0 Å². The summed E-state index contributed by atoms with van der Waals surface area (Å²) in [5.41, 5.74) is 1.24. The maximum atomic E-state index is 11.0. The van der Waals surface area contributed by atoms with Gasteiger partial charge in [0.2, 0.25) is 0 Å². The summed E-state index contributed by atoms with van der Waals surface area (Å²) in [6.45, 7) is 5.37. The lowest BCUT2D eigenvalue weighted by Crippen LogP contribution is -2.21. The van der Waals surface area contributed by atoms with Crippen LogP contribution in [0.3, 0.4) is 0 Å². The Labute approximate surface area is 112 Å². The van der Waals surface area contributed by atoms with Crippen molar-refractivity contribution >= 4 is 17.7 Å². The van der Waals surface area contributed by atoms with Crippen LogP contribution in [0, 0.1) is 6.92 Å². The molecule has 18 heavy (non-hydrogen) atoms. The van der Waals surface area contributed by atoms with Gasteiger partial charge in [0.25, 0.3) is 0 Å². The molecular formula is C14H19NO2S. The van der Waals surface area contributed by atoms with Gasteiger partial charge in [-0.05, 0) is 50.6 Å². The van der Waals surface area contributed by atoms with E-state index in [9.17, 15) is 4.79 Å². The Morgan fingerprint density at radius 1 is 1.39 bits per heavy atom. The molecule has 0 aliphatic carbocycles. The van der Waals surface area contributed by atoms with Crippen molar-refractivity contribution in [1.82, 2.24) is 4.90 Å². The van der Waals surface area contributed by atoms with Crippen LogP contribution in [0.25, 0.3) is 0 Å². The second kappa shape index (κ2) is 6.25. The first-order valence-corrected chi connectivity index (χ1v) is 7.34. The summed E-state index contributed by atoms with van der Waals surface area (Å²) >= 11 is 1.74. The van der Waals surface area contributed by atoms with Gasteiger partial charge in [0, 0.05) is 17.2 Å². The summed E-state index contributed by atoms with van der Waals surface area (Å²) in [6.07, 6.45) is 2.64. The molecule has 1 saturated heterocycles. The summed E-state index contributed by atoms with van der Waals surface area (Å²) < 4.78 is 0. The highest BCUT2D eigenvalue weighted by Crippen LogP contribution is 2.22. The average molecular weight is 265 g/mol. The topological polar surface area (TPSA) is 40.5 Å². The predicted octanol–water partition coefficient (Wildman–Crippen LogP) is 2.88. The van der Waals surface area contributed by atoms with Gasteiger partial charge in [0.05, 0.1) is 5.56 Å². The molecule has 0 bridgehead atoms. The predicted molar refractivity (Wildman–Crippen MR) is 74.5 cm³/mol. The Kier molecular flexibility index (Phi) is 4.66. The maximum absolute atomic E-state index is 11.0. The number of aryl methyl sites for hydroxylation is 1. The second-order valence-electron chi connectivity index (χ2n) is 4.68. The third kappa shape index (κ3) is 3.50. The minimum atomic E-state index is -0.838. The summed E-state index contributed by atoms with van der Waals surface area (Å²) in [5.74, 6) is 0.191. The Bertz CT molecular complexity index is 428. The first kappa shape index (κ1) is 13.4. The molecule has 1 fully saturated rings. The fraction of sp³-hybridized carbons (Fsp3) is 0.500. The smallest absolute Gasteiger partial charge is 0.335 e. The Balaban J connectivity index is 1.88. The van der Waals surface area contributed by atoms with E-state index in [1.54, 1.807) is 17.8 Å². The number of carboxylic acids is 1. The molecule has 0 spiro atoms. The van der Waals surface area contributed by atoms with Crippen molar-refractivity contribution < 1.29 is 9.90 Å². The van der Waals surface area contributed by atoms with Crippen LogP contribution < -0.4 is 0 Å². The van der Waals surface area contributed by atoms with Crippen LogP contribution in [0.1, 0.15) is 28.8 Å². The fourth-order valence-corrected chi connectivity index (χ4v) is 3.17. The van der Waals surface area contributed by atoms with Gasteiger partial charge in [-0.1, -0.05) is 6.07 Å². The molecule has 98 valence electrons. The van der Waals surface area contributed by atoms with Crippen LogP contribution in [0.5, 0.6) is 0 Å². The van der Waals surface area contributed by atoms with E-state index in [1.807, 2.05) is 19.1 Å². The highest BCUT2D eigenvalue weighted by atomic mass is 32.2. The molecule has 1 heterocycles. The molecule has 3 nitrogen and oxygen atoms in total. The number of aromatic carboxylic acids is 1. The molecular weight excluding hydrogens is 246 g/mol. The van der Waals surface area contributed by atoms with E-state index in [1.165, 1.54) is 25.9 Å². The lowest BCUT2D eigenvalue weighted by Gasteiger charge is -2.13. The molecule has 1 aliphatic heterocycles. The molecule has 0 unspecified atom stereocenters. The van der Waals surface area contributed by atoms with Gasteiger partial charge >= 0.3 is 5.97 Å². The SMILES string of the molecule is Cc1ccc(SCCN2CCCC2)cc1C(=O)O. The summed E-state index contributed by atoms with van der Waals surface area (Å²) in [4.78, 5) is 14.6. The van der Waals surface area contributed by atoms with E-state index in [2.05, 4.69) is 4.90 Å². The monoisotopic (exact) mass is 265 g/mol. The van der Waals surface area contributed by atoms with Crippen LogP contribution in [-0.4, -0.2) is 41.4 Å². The third-order valence-electron chi connectivity index (χ3n) is 3.31. The molecule has 4 heteroatoms. The molecule has 1 aromatic rings. The molecule has 1 aromatic carbocycles. The number of benzene rings is 1. The number of hydrogen-bond acceptors (Lipinski definition) is 3. The molecule has 0 radical (unpaired) electrons. The van der Waals surface area contributed by atoms with E-state index < -0.39 is 5.97 Å². The Morgan fingerprint density at radius 2 is 2.11 bits per heavy atom. The number of carbonyl (C=O) groups is 1. The number of thioether (sulfide) groups is 1. The molecule has 1 N–H and O–H groups in total. The number of likely N-dealkylation sites (tertiary alicyclic amines) is 1. The van der Waals surface area contributed by atoms with Crippen LogP contribution in [0.2, 0.25) is 0 Å². The van der Waals surface area contributed by atoms with Gasteiger partial charge in [0.1, 0.15) is 0 Å². The van der Waals surface area contributed by atoms with E-state index >= 15 is 0 Å². The standard InChI is InChI=1S/C14H19NO2S/c1-11-4-5-12(10-13(11)14(16)17)18-9-8-15-6-2-3-7-15/h4-5,10H,2-3,6-9H2,1H3,(H,16,17). The average Bonchev–Trinajstić information content (AvgIpc) is 2.84. The summed E-state index contributed by atoms with van der Waals surface area (Å²) in [5, 5.41) is 9.07. The molecule has 0 atom stereocenters. The zero-order valence-electron chi connectivity index (χ0n) is 10.7. The minimum Gasteiger partial charge on any atom is -0.478 e. The maximum Gasteiger partial charge on any atom is 0.335 e. The lowest BCUT2D eigenvalue weighted by molar-refractivity contribution is 0.0696. The molecule has 2 rings (SSSR count). The van der Waals surface area contributed by atoms with E-state index in [-0.39, 0.29) is 0 Å². The van der Waals surface area contributed by atoms with E-state index in [0.717, 1.165) is 22.8 Å². The first-order chi connectivity index (χ1) is 8.66. The quantitative estimate of drug-likeness (QED) is 0.831. The third-order valence-corrected chi connectivity index (χ3v) is 4.29.